The summed E-state index contributed by atoms with van der Waals surface area (Å²) in [5, 5.41) is 149. The van der Waals surface area contributed by atoms with E-state index in [2.05, 4.69) is 40.7 Å². The second kappa shape index (κ2) is 22.9. The smallest absolute Gasteiger partial charge is 0.315 e. The Hall–Kier alpha value is -2.16. The Morgan fingerprint density at radius 2 is 1.01 bits per heavy atom. The highest BCUT2D eigenvalue weighted by Crippen LogP contribution is 2.76. The molecule has 0 unspecified atom stereocenters. The molecule has 25 nitrogen and oxygen atoms in total. The highest BCUT2D eigenvalue weighted by molar-refractivity contribution is 5.81. The third kappa shape index (κ3) is 9.93. The van der Waals surface area contributed by atoms with E-state index in [0.29, 0.717) is 38.5 Å². The van der Waals surface area contributed by atoms with E-state index in [-0.39, 0.29) is 35.5 Å². The number of ether oxygens (including phenoxy) is 9. The van der Waals surface area contributed by atoms with Crippen LogP contribution in [0.3, 0.4) is 0 Å². The van der Waals surface area contributed by atoms with Crippen molar-refractivity contribution in [2.24, 2.45) is 50.2 Å². The molecule has 0 bridgehead atoms. The summed E-state index contributed by atoms with van der Waals surface area (Å²) < 4.78 is 53.6. The molecule has 8 fully saturated rings. The highest BCUT2D eigenvalue weighted by Gasteiger charge is 2.71. The number of hydrogen-bond acceptors (Lipinski definition) is 25. The molecule has 14 N–H and O–H groups in total. The van der Waals surface area contributed by atoms with Gasteiger partial charge in [0.1, 0.15) is 97.7 Å². The van der Waals surface area contributed by atoms with Gasteiger partial charge in [-0.1, -0.05) is 46.3 Å². The second-order valence-corrected chi connectivity index (χ2v) is 26.2. The zero-order valence-electron chi connectivity index (χ0n) is 46.6. The summed E-state index contributed by atoms with van der Waals surface area (Å²) in [5.74, 6) is -1.45. The van der Waals surface area contributed by atoms with Crippen LogP contribution in [0.2, 0.25) is 0 Å². The van der Waals surface area contributed by atoms with E-state index in [9.17, 15) is 81.1 Å². The maximum absolute atomic E-state index is 14.9. The molecule has 0 radical (unpaired) electrons. The number of allylic oxidation sites excluding steroid dienone is 2. The van der Waals surface area contributed by atoms with E-state index < -0.39 is 195 Å². The lowest BCUT2D eigenvalue weighted by Crippen LogP contribution is -2.68. The van der Waals surface area contributed by atoms with Crippen LogP contribution < -0.4 is 0 Å². The number of aliphatic hydroxyl groups excluding tert-OH is 14. The van der Waals surface area contributed by atoms with Gasteiger partial charge in [-0.3, -0.25) is 9.59 Å². The Labute approximate surface area is 464 Å². The van der Waals surface area contributed by atoms with Crippen LogP contribution in [0.1, 0.15) is 106 Å². The Balaban J connectivity index is 0.981. The van der Waals surface area contributed by atoms with E-state index in [1.165, 1.54) is 7.11 Å². The molecule has 9 rings (SSSR count). The number of carbonyl (C=O) groups excluding carboxylic acids is 2. The molecule has 4 heterocycles. The number of carbonyl (C=O) groups is 2. The molecular weight excluding hydrogens is 1060 g/mol. The monoisotopic (exact) mass is 1150 g/mol. The van der Waals surface area contributed by atoms with E-state index in [4.69, 9.17) is 42.6 Å². The van der Waals surface area contributed by atoms with Crippen LogP contribution >= 0.6 is 0 Å². The number of esters is 2. The molecule has 80 heavy (non-hydrogen) atoms. The molecular formula is C55H88O25. The third-order valence-electron chi connectivity index (χ3n) is 21.9. The zero-order chi connectivity index (χ0) is 58.6. The maximum atomic E-state index is 14.9. The summed E-state index contributed by atoms with van der Waals surface area (Å²) in [4.78, 5) is 28.5. The molecule has 4 saturated carbocycles. The molecule has 4 saturated heterocycles. The largest absolute Gasteiger partial charge is 0.469 e. The highest BCUT2D eigenvalue weighted by atomic mass is 16.8. The van der Waals surface area contributed by atoms with Gasteiger partial charge >= 0.3 is 11.9 Å². The van der Waals surface area contributed by atoms with Crippen molar-refractivity contribution >= 4 is 11.9 Å². The summed E-state index contributed by atoms with van der Waals surface area (Å²) in [6.07, 6.45) is -27.4. The first-order chi connectivity index (χ1) is 37.6. The van der Waals surface area contributed by atoms with Crippen LogP contribution in [0.15, 0.2) is 11.6 Å². The summed E-state index contributed by atoms with van der Waals surface area (Å²) >= 11 is 0. The van der Waals surface area contributed by atoms with Gasteiger partial charge in [0.2, 0.25) is 6.29 Å². The van der Waals surface area contributed by atoms with Gasteiger partial charge in [-0.25, -0.2) is 0 Å². The van der Waals surface area contributed by atoms with Gasteiger partial charge in [-0.2, -0.15) is 0 Å². The van der Waals surface area contributed by atoms with E-state index in [1.54, 1.807) is 0 Å². The molecule has 4 aliphatic heterocycles. The van der Waals surface area contributed by atoms with Gasteiger partial charge in [-0.05, 0) is 111 Å². The molecule has 5 aliphatic carbocycles. The van der Waals surface area contributed by atoms with Gasteiger partial charge in [0.05, 0.1) is 50.5 Å². The molecule has 25 heteroatoms. The Kier molecular flexibility index (Phi) is 17.9. The van der Waals surface area contributed by atoms with E-state index in [1.807, 2.05) is 6.92 Å². The molecule has 458 valence electrons. The summed E-state index contributed by atoms with van der Waals surface area (Å²) in [6, 6.07) is 0. The Morgan fingerprint density at radius 3 is 1.55 bits per heavy atom. The lowest BCUT2D eigenvalue weighted by molar-refractivity contribution is -0.393. The number of rotatable bonds is 13. The Bertz CT molecular complexity index is 2230. The van der Waals surface area contributed by atoms with Crippen molar-refractivity contribution in [2.75, 3.05) is 33.5 Å². The summed E-state index contributed by atoms with van der Waals surface area (Å²) in [7, 11) is 1.34. The quantitative estimate of drug-likeness (QED) is 0.0500. The second-order valence-electron chi connectivity index (χ2n) is 26.2. The first kappa shape index (κ1) is 62.4. The first-order valence-corrected chi connectivity index (χ1v) is 28.4. The fourth-order valence-corrected chi connectivity index (χ4v) is 16.8. The minimum Gasteiger partial charge on any atom is -0.469 e. The van der Waals surface area contributed by atoms with E-state index >= 15 is 0 Å². The van der Waals surface area contributed by atoms with E-state index in [0.717, 1.165) is 18.4 Å². The number of fused-ring (bicyclic) bond motifs is 7. The van der Waals surface area contributed by atoms with Crippen molar-refractivity contribution < 1.29 is 124 Å². The first-order valence-electron chi connectivity index (χ1n) is 28.4. The zero-order valence-corrected chi connectivity index (χ0v) is 46.6. The van der Waals surface area contributed by atoms with Crippen LogP contribution in [0, 0.1) is 50.2 Å². The lowest BCUT2D eigenvalue weighted by Gasteiger charge is -2.71. The van der Waals surface area contributed by atoms with Crippen molar-refractivity contribution in [3.05, 3.63) is 11.6 Å². The van der Waals surface area contributed by atoms with Gasteiger partial charge in [0.25, 0.3) is 0 Å². The van der Waals surface area contributed by atoms with Crippen molar-refractivity contribution in [2.45, 2.75) is 235 Å². The SMILES string of the molecule is COC(=O)[C@@]1(C)CC[C@]2(C(=O)O[C@@H]3O[C@H](CO)[C@@H](O)[C@H](O)[C@H]3O)CC[C@]3(C)C(=CC[C@@H]4[C@@]5(C)CC[C@H](O[C@@H]6O[C@H](CO)[C@@H](O[C@@H]7O[C@H](CO)[C@H](O)[C@H](O)[C@H]7O)[C@H](O[C@@H]7O[C@H](CO)[C@@H](O)[C@H](O)[C@H]7O)[C@H]6O)C(C)(C)[C@@H]5CC[C@]43C)[C@@H]2C1. The van der Waals surface area contributed by atoms with Gasteiger partial charge < -0.3 is 114 Å². The maximum Gasteiger partial charge on any atom is 0.315 e. The average molecular weight is 1150 g/mol. The van der Waals surface area contributed by atoms with Crippen LogP contribution in [0.4, 0.5) is 0 Å². The number of hydrogen-bond donors (Lipinski definition) is 14. The third-order valence-corrected chi connectivity index (χ3v) is 21.9. The van der Waals surface area contributed by atoms with Crippen LogP contribution in [0.5, 0.6) is 0 Å². The fourth-order valence-electron chi connectivity index (χ4n) is 16.8. The van der Waals surface area contributed by atoms with Gasteiger partial charge in [0.15, 0.2) is 18.9 Å². The molecule has 0 aromatic carbocycles. The van der Waals surface area contributed by atoms with Crippen molar-refractivity contribution in [1.82, 2.24) is 0 Å². The molecule has 9 aliphatic rings. The average Bonchev–Trinajstić information content (AvgIpc) is 3.53. The van der Waals surface area contributed by atoms with Gasteiger partial charge in [-0.15, -0.1) is 0 Å². The van der Waals surface area contributed by atoms with Crippen molar-refractivity contribution in [1.29, 1.82) is 0 Å². The van der Waals surface area contributed by atoms with Crippen LogP contribution in [-0.2, 0) is 52.2 Å². The summed E-state index contributed by atoms with van der Waals surface area (Å²) in [6.45, 7) is 9.84. The molecule has 0 aromatic rings. The fraction of sp³-hybridized carbons (Fsp3) is 0.927. The molecule has 0 aromatic heterocycles. The van der Waals surface area contributed by atoms with Crippen molar-refractivity contribution in [3.63, 3.8) is 0 Å². The molecule has 0 spiro atoms. The normalized spacial score (nSPS) is 53.0. The predicted molar refractivity (Wildman–Crippen MR) is 269 cm³/mol. The Morgan fingerprint density at radius 1 is 0.525 bits per heavy atom. The predicted octanol–water partition coefficient (Wildman–Crippen LogP) is -2.88. The van der Waals surface area contributed by atoms with Crippen LogP contribution in [-0.4, -0.2) is 246 Å². The van der Waals surface area contributed by atoms with Crippen LogP contribution in [0.25, 0.3) is 0 Å². The molecule has 0 amide bonds. The lowest BCUT2D eigenvalue weighted by atomic mass is 9.33. The minimum absolute atomic E-state index is 0.0108. The topological polar surface area (TPSA) is 400 Å². The minimum atomic E-state index is -1.96. The van der Waals surface area contributed by atoms with Gasteiger partial charge in [0, 0.05) is 0 Å². The molecule has 29 atom stereocenters. The number of methoxy groups -OCH3 is 1. The standard InChI is InChI=1S/C55H88O25/c1-50(2)29-10-13-54(6)30(9-8-23-24-18-51(3,48(70)72-7)14-16-55(24,17-15-53(23,54)5)49(71)80-46-40(68)37(65)34(62)27(21-58)75-46)52(29,4)12-11-31(50)77-47-41(69)43(79-45-39(67)36(64)33(61)26(20-57)74-45)42(28(22-59)76-47)78-44-38(66)35(63)32(60)25(19-56)73-44/h8,24-47,56-69H,9-22H2,1-7H3/t24-,25+,26+,27+,28+,29-,30+,31-,32-,33+,34+,35-,36-,37-,38+,39+,40+,41+,42+,43+,44-,45-,46-,47-,51-,52-,53+,54+,55-/m0/s1. The van der Waals surface area contributed by atoms with Crippen molar-refractivity contribution in [3.8, 4) is 0 Å². The summed E-state index contributed by atoms with van der Waals surface area (Å²) in [5.41, 5.74) is -2.84. The number of aliphatic hydroxyl groups is 14.